The molecule has 0 aliphatic heterocycles. The molecule has 1 aromatic rings. The molecule has 0 aliphatic carbocycles. The molecule has 110 valence electrons. The highest BCUT2D eigenvalue weighted by molar-refractivity contribution is 5.93. The Morgan fingerprint density at radius 1 is 1.50 bits per heavy atom. The molecule has 1 atom stereocenters. The van der Waals surface area contributed by atoms with Crippen molar-refractivity contribution in [2.45, 2.75) is 20.3 Å². The van der Waals surface area contributed by atoms with Crippen LogP contribution in [0.2, 0.25) is 0 Å². The molecule has 1 rings (SSSR count). The number of aromatic nitrogens is 1. The van der Waals surface area contributed by atoms with Crippen molar-refractivity contribution in [3.63, 3.8) is 0 Å². The summed E-state index contributed by atoms with van der Waals surface area (Å²) in [7, 11) is 1.41. The van der Waals surface area contributed by atoms with Crippen molar-refractivity contribution in [3.8, 4) is 0 Å². The summed E-state index contributed by atoms with van der Waals surface area (Å²) in [5, 5.41) is 22.3. The quantitative estimate of drug-likeness (QED) is 0.600. The minimum Gasteiger partial charge on any atom is -0.481 e. The van der Waals surface area contributed by atoms with Crippen LogP contribution >= 0.6 is 0 Å². The van der Waals surface area contributed by atoms with Gasteiger partial charge in [-0.2, -0.15) is 0 Å². The van der Waals surface area contributed by atoms with E-state index >= 15 is 0 Å². The van der Waals surface area contributed by atoms with Gasteiger partial charge in [0.25, 0.3) is 5.91 Å². The number of rotatable bonds is 6. The fourth-order valence-electron chi connectivity index (χ4n) is 1.63. The Hall–Kier alpha value is -2.38. The number of amides is 1. The lowest BCUT2D eigenvalue weighted by atomic mass is 9.88. The molecule has 1 heterocycles. The van der Waals surface area contributed by atoms with Crippen LogP contribution in [-0.2, 0) is 11.8 Å². The highest BCUT2D eigenvalue weighted by atomic mass is 16.6. The Labute approximate surface area is 115 Å². The molecule has 1 unspecified atom stereocenters. The molecular weight excluding hydrogens is 266 g/mol. The van der Waals surface area contributed by atoms with Crippen molar-refractivity contribution in [2.75, 3.05) is 6.54 Å². The number of nitro groups is 1. The molecule has 0 saturated carbocycles. The Balaban J connectivity index is 2.83. The molecule has 2 N–H and O–H groups in total. The van der Waals surface area contributed by atoms with Gasteiger partial charge in [0.15, 0.2) is 5.69 Å². The molecule has 0 spiro atoms. The molecule has 0 aromatic carbocycles. The Morgan fingerprint density at radius 2 is 2.10 bits per heavy atom. The molecular formula is C12H17N3O5. The van der Waals surface area contributed by atoms with Gasteiger partial charge in [-0.25, -0.2) is 4.57 Å². The number of carboxylic acids is 1. The number of hydrogen-bond donors (Lipinski definition) is 2. The average molecular weight is 283 g/mol. The molecule has 0 saturated heterocycles. The van der Waals surface area contributed by atoms with E-state index in [0.717, 1.165) is 4.57 Å². The second kappa shape index (κ2) is 5.72. The summed E-state index contributed by atoms with van der Waals surface area (Å²) in [4.78, 5) is 33.1. The molecule has 1 amide bonds. The summed E-state index contributed by atoms with van der Waals surface area (Å²) in [6.45, 7) is 3.20. The van der Waals surface area contributed by atoms with Crippen molar-refractivity contribution < 1.29 is 19.6 Å². The lowest BCUT2D eigenvalue weighted by Crippen LogP contribution is -2.41. The third kappa shape index (κ3) is 2.95. The summed E-state index contributed by atoms with van der Waals surface area (Å²) in [5.41, 5.74) is -0.951. The van der Waals surface area contributed by atoms with Gasteiger partial charge in [0.05, 0.1) is 12.5 Å². The smallest absolute Gasteiger partial charge is 0.323 e. The normalized spacial score (nSPS) is 13.6. The maximum atomic E-state index is 11.9. The number of carboxylic acid groups (broad SMARTS) is 1. The van der Waals surface area contributed by atoms with E-state index in [0.29, 0.717) is 6.42 Å². The predicted octanol–water partition coefficient (Wildman–Crippen LogP) is 1.16. The zero-order valence-corrected chi connectivity index (χ0v) is 11.5. The molecule has 8 nitrogen and oxygen atoms in total. The highest BCUT2D eigenvalue weighted by Crippen LogP contribution is 2.20. The zero-order chi connectivity index (χ0) is 15.5. The maximum absolute atomic E-state index is 11.9. The second-order valence-electron chi connectivity index (χ2n) is 4.79. The third-order valence-electron chi connectivity index (χ3n) is 3.45. The predicted molar refractivity (Wildman–Crippen MR) is 70.4 cm³/mol. The van der Waals surface area contributed by atoms with Gasteiger partial charge < -0.3 is 20.5 Å². The van der Waals surface area contributed by atoms with Crippen LogP contribution in [0.15, 0.2) is 12.1 Å². The fourth-order valence-corrected chi connectivity index (χ4v) is 1.63. The van der Waals surface area contributed by atoms with E-state index in [-0.39, 0.29) is 18.1 Å². The van der Waals surface area contributed by atoms with E-state index in [1.807, 2.05) is 0 Å². The van der Waals surface area contributed by atoms with Gasteiger partial charge >= 0.3 is 11.8 Å². The minimum absolute atomic E-state index is 0.0450. The van der Waals surface area contributed by atoms with E-state index in [2.05, 4.69) is 5.32 Å². The Bertz CT molecular complexity index is 551. The van der Waals surface area contributed by atoms with Crippen molar-refractivity contribution in [2.24, 2.45) is 12.5 Å². The van der Waals surface area contributed by atoms with E-state index < -0.39 is 22.2 Å². The van der Waals surface area contributed by atoms with Gasteiger partial charge in [-0.05, 0) is 24.3 Å². The van der Waals surface area contributed by atoms with Gasteiger partial charge in [-0.15, -0.1) is 0 Å². The van der Waals surface area contributed by atoms with Crippen LogP contribution < -0.4 is 5.32 Å². The van der Waals surface area contributed by atoms with Crippen LogP contribution in [0.3, 0.4) is 0 Å². The molecule has 20 heavy (non-hydrogen) atoms. The number of nitrogens with zero attached hydrogens (tertiary/aromatic N) is 2. The largest absolute Gasteiger partial charge is 0.481 e. The van der Waals surface area contributed by atoms with Gasteiger partial charge in [0.2, 0.25) is 0 Å². The van der Waals surface area contributed by atoms with Gasteiger partial charge in [0, 0.05) is 12.6 Å². The molecule has 0 radical (unpaired) electrons. The van der Waals surface area contributed by atoms with E-state index in [1.54, 1.807) is 6.92 Å². The Kier molecular flexibility index (Phi) is 4.49. The van der Waals surface area contributed by atoms with E-state index in [9.17, 15) is 19.7 Å². The highest BCUT2D eigenvalue weighted by Gasteiger charge is 2.32. The van der Waals surface area contributed by atoms with Gasteiger partial charge in [0.1, 0.15) is 0 Å². The summed E-state index contributed by atoms with van der Waals surface area (Å²) < 4.78 is 1.15. The molecule has 1 aromatic heterocycles. The second-order valence-corrected chi connectivity index (χ2v) is 4.79. The van der Waals surface area contributed by atoms with Crippen LogP contribution in [0, 0.1) is 15.5 Å². The van der Waals surface area contributed by atoms with Crippen LogP contribution in [-0.4, -0.2) is 33.0 Å². The monoisotopic (exact) mass is 283 g/mol. The Morgan fingerprint density at radius 3 is 2.50 bits per heavy atom. The fraction of sp³-hybridized carbons (Fsp3) is 0.500. The number of hydrogen-bond acceptors (Lipinski definition) is 4. The van der Waals surface area contributed by atoms with E-state index in [4.69, 9.17) is 5.11 Å². The minimum atomic E-state index is -1.06. The first-order chi connectivity index (χ1) is 9.23. The van der Waals surface area contributed by atoms with Crippen molar-refractivity contribution in [1.29, 1.82) is 0 Å². The van der Waals surface area contributed by atoms with Crippen LogP contribution in [0.1, 0.15) is 30.8 Å². The molecule has 0 fully saturated rings. The summed E-state index contributed by atoms with van der Waals surface area (Å²) >= 11 is 0. The standard InChI is InChI=1S/C12H17N3O5/c1-4-12(2,11(17)18)7-13-10(16)8-5-6-9(14(8)3)15(19)20/h5-6H,4,7H2,1-3H3,(H,13,16)(H,17,18). The maximum Gasteiger partial charge on any atom is 0.323 e. The van der Waals surface area contributed by atoms with Crippen LogP contribution in [0.25, 0.3) is 0 Å². The number of carbonyl (C=O) groups excluding carboxylic acids is 1. The first-order valence-electron chi connectivity index (χ1n) is 6.04. The number of nitrogens with one attached hydrogen (secondary N) is 1. The first kappa shape index (κ1) is 15.7. The topological polar surface area (TPSA) is 114 Å². The van der Waals surface area contributed by atoms with Crippen molar-refractivity contribution in [1.82, 2.24) is 9.88 Å². The first-order valence-corrected chi connectivity index (χ1v) is 6.04. The van der Waals surface area contributed by atoms with E-state index in [1.165, 1.54) is 26.1 Å². The van der Waals surface area contributed by atoms with Gasteiger partial charge in [-0.1, -0.05) is 6.92 Å². The van der Waals surface area contributed by atoms with Crippen molar-refractivity contribution >= 4 is 17.7 Å². The number of aliphatic carboxylic acids is 1. The molecule has 0 bridgehead atoms. The summed E-state index contributed by atoms with van der Waals surface area (Å²) in [6, 6.07) is 2.56. The molecule has 8 heteroatoms. The summed E-state index contributed by atoms with van der Waals surface area (Å²) in [5.74, 6) is -1.74. The lowest BCUT2D eigenvalue weighted by Gasteiger charge is -2.22. The van der Waals surface area contributed by atoms with Gasteiger partial charge in [-0.3, -0.25) is 9.59 Å². The lowest BCUT2D eigenvalue weighted by molar-refractivity contribution is -0.391. The average Bonchev–Trinajstić information content (AvgIpc) is 2.77. The summed E-state index contributed by atoms with van der Waals surface area (Å²) in [6.07, 6.45) is 0.357. The number of carbonyl (C=O) groups is 2. The zero-order valence-electron chi connectivity index (χ0n) is 11.5. The SMILES string of the molecule is CCC(C)(CNC(=O)c1ccc([N+](=O)[O-])n1C)C(=O)O. The van der Waals surface area contributed by atoms with Crippen LogP contribution in [0.5, 0.6) is 0 Å². The van der Waals surface area contributed by atoms with Crippen molar-refractivity contribution in [3.05, 3.63) is 27.9 Å². The third-order valence-corrected chi connectivity index (χ3v) is 3.45. The van der Waals surface area contributed by atoms with Crippen LogP contribution in [0.4, 0.5) is 5.82 Å². The molecule has 0 aliphatic rings.